The summed E-state index contributed by atoms with van der Waals surface area (Å²) in [5.74, 6) is -1.91. The normalized spacial score (nSPS) is 11.4. The molecular formula is C16H22N2O5. The van der Waals surface area contributed by atoms with Gasteiger partial charge in [0.25, 0.3) is 5.91 Å². The number of aromatic hydroxyl groups is 1. The van der Waals surface area contributed by atoms with Gasteiger partial charge in [-0.2, -0.15) is 0 Å². The zero-order chi connectivity index (χ0) is 17.4. The Labute approximate surface area is 135 Å². The second kappa shape index (κ2) is 8.77. The Kier molecular flexibility index (Phi) is 7.05. The van der Waals surface area contributed by atoms with Crippen LogP contribution in [0.15, 0.2) is 18.2 Å². The number of phenols is 1. The quantitative estimate of drug-likeness (QED) is 0.647. The van der Waals surface area contributed by atoms with E-state index in [-0.39, 0.29) is 17.2 Å². The standard InChI is InChI=1S/C16H22N2O5/c1-4-7-17-15(21)11(3)18-14(20)9-23-16(22)12-8-10(2)5-6-13(12)19/h5-6,8,11,19H,4,7,9H2,1-3H3,(H,17,21)(H,18,20)/t11-/m0/s1. The van der Waals surface area contributed by atoms with Crippen molar-refractivity contribution >= 4 is 17.8 Å². The Morgan fingerprint density at radius 1 is 1.30 bits per heavy atom. The molecule has 1 aromatic carbocycles. The van der Waals surface area contributed by atoms with Gasteiger partial charge < -0.3 is 20.5 Å². The molecular weight excluding hydrogens is 300 g/mol. The molecule has 0 aromatic heterocycles. The van der Waals surface area contributed by atoms with Crippen molar-refractivity contribution < 1.29 is 24.2 Å². The molecule has 0 aliphatic carbocycles. The van der Waals surface area contributed by atoms with Gasteiger partial charge >= 0.3 is 5.97 Å². The van der Waals surface area contributed by atoms with Crippen molar-refractivity contribution in [1.29, 1.82) is 0 Å². The molecule has 1 atom stereocenters. The highest BCUT2D eigenvalue weighted by Gasteiger charge is 2.18. The molecule has 3 N–H and O–H groups in total. The van der Waals surface area contributed by atoms with Gasteiger partial charge in [-0.1, -0.05) is 18.6 Å². The van der Waals surface area contributed by atoms with Crippen LogP contribution in [0.25, 0.3) is 0 Å². The van der Waals surface area contributed by atoms with Crippen molar-refractivity contribution in [3.05, 3.63) is 29.3 Å². The third-order valence-electron chi connectivity index (χ3n) is 3.03. The number of carbonyl (C=O) groups is 3. The van der Waals surface area contributed by atoms with Crippen LogP contribution in [0.3, 0.4) is 0 Å². The number of esters is 1. The van der Waals surface area contributed by atoms with Crippen molar-refractivity contribution in [3.8, 4) is 5.75 Å². The Balaban J connectivity index is 2.48. The number of rotatable bonds is 7. The predicted octanol–water partition coefficient (Wildman–Crippen LogP) is 0.888. The maximum absolute atomic E-state index is 11.8. The van der Waals surface area contributed by atoms with Crippen LogP contribution in [-0.4, -0.2) is 42.1 Å². The van der Waals surface area contributed by atoms with E-state index < -0.39 is 24.5 Å². The number of phenolic OH excluding ortho intramolecular Hbond substituents is 1. The molecule has 126 valence electrons. The van der Waals surface area contributed by atoms with E-state index in [1.54, 1.807) is 13.0 Å². The summed E-state index contributed by atoms with van der Waals surface area (Å²) in [6.45, 7) is 5.22. The van der Waals surface area contributed by atoms with Crippen molar-refractivity contribution in [1.82, 2.24) is 10.6 Å². The molecule has 1 aromatic rings. The summed E-state index contributed by atoms with van der Waals surface area (Å²) in [4.78, 5) is 35.1. The minimum absolute atomic E-state index is 0.00784. The van der Waals surface area contributed by atoms with Gasteiger partial charge in [0.05, 0.1) is 0 Å². The average molecular weight is 322 g/mol. The molecule has 0 heterocycles. The minimum atomic E-state index is -0.801. The third-order valence-corrected chi connectivity index (χ3v) is 3.03. The largest absolute Gasteiger partial charge is 0.507 e. The van der Waals surface area contributed by atoms with Gasteiger partial charge in [-0.15, -0.1) is 0 Å². The predicted molar refractivity (Wildman–Crippen MR) is 84.0 cm³/mol. The van der Waals surface area contributed by atoms with Gasteiger partial charge in [0.2, 0.25) is 5.91 Å². The second-order valence-electron chi connectivity index (χ2n) is 5.18. The second-order valence-corrected chi connectivity index (χ2v) is 5.18. The summed E-state index contributed by atoms with van der Waals surface area (Å²) in [6.07, 6.45) is 0.796. The first-order valence-electron chi connectivity index (χ1n) is 7.39. The summed E-state index contributed by atoms with van der Waals surface area (Å²) in [5.41, 5.74) is 0.770. The molecule has 7 heteroatoms. The van der Waals surface area contributed by atoms with Crippen molar-refractivity contribution in [3.63, 3.8) is 0 Å². The molecule has 23 heavy (non-hydrogen) atoms. The number of ether oxygens (including phenoxy) is 1. The van der Waals surface area contributed by atoms with Gasteiger partial charge in [-0.25, -0.2) is 4.79 Å². The lowest BCUT2D eigenvalue weighted by Gasteiger charge is -2.14. The minimum Gasteiger partial charge on any atom is -0.507 e. The smallest absolute Gasteiger partial charge is 0.342 e. The van der Waals surface area contributed by atoms with Gasteiger partial charge in [-0.05, 0) is 32.4 Å². The van der Waals surface area contributed by atoms with Gasteiger partial charge in [-0.3, -0.25) is 9.59 Å². The highest BCUT2D eigenvalue weighted by atomic mass is 16.5. The Morgan fingerprint density at radius 3 is 2.65 bits per heavy atom. The van der Waals surface area contributed by atoms with E-state index in [0.717, 1.165) is 12.0 Å². The maximum atomic E-state index is 11.8. The fraction of sp³-hybridized carbons (Fsp3) is 0.438. The lowest BCUT2D eigenvalue weighted by atomic mass is 10.1. The van der Waals surface area contributed by atoms with Crippen LogP contribution >= 0.6 is 0 Å². The fourth-order valence-electron chi connectivity index (χ4n) is 1.77. The van der Waals surface area contributed by atoms with Crippen LogP contribution < -0.4 is 10.6 Å². The molecule has 0 spiro atoms. The summed E-state index contributed by atoms with van der Waals surface area (Å²) >= 11 is 0. The SMILES string of the molecule is CCCNC(=O)[C@H](C)NC(=O)COC(=O)c1cc(C)ccc1O. The molecule has 0 saturated heterocycles. The highest BCUT2D eigenvalue weighted by Crippen LogP contribution is 2.18. The number of benzene rings is 1. The molecule has 0 saturated carbocycles. The lowest BCUT2D eigenvalue weighted by molar-refractivity contribution is -0.130. The van der Waals surface area contributed by atoms with E-state index in [1.807, 2.05) is 6.92 Å². The van der Waals surface area contributed by atoms with Crippen LogP contribution in [0.2, 0.25) is 0 Å². The molecule has 0 bridgehead atoms. The van der Waals surface area contributed by atoms with Crippen molar-refractivity contribution in [2.45, 2.75) is 33.2 Å². The Hall–Kier alpha value is -2.57. The first-order valence-corrected chi connectivity index (χ1v) is 7.39. The molecule has 1 rings (SSSR count). The van der Waals surface area contributed by atoms with E-state index in [2.05, 4.69) is 10.6 Å². The first-order chi connectivity index (χ1) is 10.8. The van der Waals surface area contributed by atoms with Crippen LogP contribution in [0, 0.1) is 6.92 Å². The fourth-order valence-corrected chi connectivity index (χ4v) is 1.77. The van der Waals surface area contributed by atoms with Crippen molar-refractivity contribution in [2.75, 3.05) is 13.2 Å². The van der Waals surface area contributed by atoms with Crippen LogP contribution in [0.5, 0.6) is 5.75 Å². The van der Waals surface area contributed by atoms with Gasteiger partial charge in [0.1, 0.15) is 17.4 Å². The molecule has 2 amide bonds. The summed E-state index contributed by atoms with van der Waals surface area (Å²) < 4.78 is 4.84. The monoisotopic (exact) mass is 322 g/mol. The number of amides is 2. The Bertz CT molecular complexity index is 586. The topological polar surface area (TPSA) is 105 Å². The number of aryl methyl sites for hydroxylation is 1. The molecule has 0 aliphatic rings. The van der Waals surface area contributed by atoms with Gasteiger partial charge in [0.15, 0.2) is 6.61 Å². The van der Waals surface area contributed by atoms with E-state index in [0.29, 0.717) is 6.54 Å². The number of carbonyl (C=O) groups excluding carboxylic acids is 3. The summed E-state index contributed by atoms with van der Waals surface area (Å²) in [5, 5.41) is 14.7. The number of nitrogens with one attached hydrogen (secondary N) is 2. The van der Waals surface area contributed by atoms with Crippen molar-refractivity contribution in [2.24, 2.45) is 0 Å². The number of hydrogen-bond acceptors (Lipinski definition) is 5. The molecule has 0 unspecified atom stereocenters. The van der Waals surface area contributed by atoms with Crippen LogP contribution in [-0.2, 0) is 14.3 Å². The summed E-state index contributed by atoms with van der Waals surface area (Å²) in [6, 6.07) is 3.78. The van der Waals surface area contributed by atoms with E-state index in [4.69, 9.17) is 4.74 Å². The average Bonchev–Trinajstić information content (AvgIpc) is 2.52. The van der Waals surface area contributed by atoms with Crippen LogP contribution in [0.4, 0.5) is 0 Å². The van der Waals surface area contributed by atoms with E-state index >= 15 is 0 Å². The zero-order valence-electron chi connectivity index (χ0n) is 13.5. The maximum Gasteiger partial charge on any atom is 0.342 e. The highest BCUT2D eigenvalue weighted by molar-refractivity contribution is 5.94. The first kappa shape index (κ1) is 18.5. The van der Waals surface area contributed by atoms with Gasteiger partial charge in [0, 0.05) is 6.54 Å². The Morgan fingerprint density at radius 2 is 2.00 bits per heavy atom. The van der Waals surface area contributed by atoms with Crippen LogP contribution in [0.1, 0.15) is 36.2 Å². The molecule has 7 nitrogen and oxygen atoms in total. The summed E-state index contributed by atoms with van der Waals surface area (Å²) in [7, 11) is 0. The molecule has 0 aliphatic heterocycles. The van der Waals surface area contributed by atoms with E-state index in [1.165, 1.54) is 19.1 Å². The molecule has 0 fully saturated rings. The number of hydrogen-bond donors (Lipinski definition) is 3. The lowest BCUT2D eigenvalue weighted by Crippen LogP contribution is -2.46. The third kappa shape index (κ3) is 5.98. The molecule has 0 radical (unpaired) electrons. The zero-order valence-corrected chi connectivity index (χ0v) is 13.5. The van der Waals surface area contributed by atoms with E-state index in [9.17, 15) is 19.5 Å².